The third kappa shape index (κ3) is 5.66. The Morgan fingerprint density at radius 2 is 1.78 bits per heavy atom. The second-order valence-corrected chi connectivity index (χ2v) is 11.2. The smallest absolute Gasteiger partial charge is 0.245 e. The SMILES string of the molecule is COc1ncnc(OC)c1-n1c(CS(=O)(=O)[C@@H](C)[C@H](OC)c2ncc(Cl)cn2)nnc1[C@H]1CCCOC1. The fourth-order valence-corrected chi connectivity index (χ4v) is 5.71. The van der Waals surface area contributed by atoms with Crippen LogP contribution in [0, 0.1) is 0 Å². The van der Waals surface area contributed by atoms with Crippen molar-refractivity contribution in [2.24, 2.45) is 0 Å². The average Bonchev–Trinajstić information content (AvgIpc) is 3.32. The highest BCUT2D eigenvalue weighted by Crippen LogP contribution is 2.35. The van der Waals surface area contributed by atoms with E-state index in [0.29, 0.717) is 29.7 Å². The summed E-state index contributed by atoms with van der Waals surface area (Å²) < 4.78 is 51.0. The summed E-state index contributed by atoms with van der Waals surface area (Å²) in [7, 11) is 0.416. The van der Waals surface area contributed by atoms with Gasteiger partial charge in [-0.15, -0.1) is 10.2 Å². The molecule has 3 atom stereocenters. The first kappa shape index (κ1) is 27.1. The van der Waals surface area contributed by atoms with E-state index in [1.807, 2.05) is 0 Å². The number of ether oxygens (including phenoxy) is 4. The van der Waals surface area contributed by atoms with Crippen molar-refractivity contribution in [3.05, 3.63) is 41.2 Å². The molecule has 0 aliphatic carbocycles. The first-order chi connectivity index (χ1) is 17.8. The van der Waals surface area contributed by atoms with Gasteiger partial charge in [0, 0.05) is 32.0 Å². The maximum absolute atomic E-state index is 13.7. The Balaban J connectivity index is 1.78. The normalized spacial score (nSPS) is 17.8. The number of hydrogen-bond acceptors (Lipinski definition) is 12. The second-order valence-electron chi connectivity index (χ2n) is 8.39. The maximum Gasteiger partial charge on any atom is 0.245 e. The first-order valence-corrected chi connectivity index (χ1v) is 13.6. The predicted molar refractivity (Wildman–Crippen MR) is 132 cm³/mol. The zero-order valence-electron chi connectivity index (χ0n) is 20.9. The molecular formula is C22H28ClN7O6S. The first-order valence-electron chi connectivity index (χ1n) is 11.5. The van der Waals surface area contributed by atoms with Gasteiger partial charge in [-0.1, -0.05) is 11.6 Å². The summed E-state index contributed by atoms with van der Waals surface area (Å²) in [6, 6.07) is 0. The lowest BCUT2D eigenvalue weighted by atomic mass is 10.0. The molecule has 0 radical (unpaired) electrons. The van der Waals surface area contributed by atoms with Crippen LogP contribution in [0.2, 0.25) is 5.02 Å². The molecule has 1 saturated heterocycles. The van der Waals surface area contributed by atoms with E-state index in [4.69, 9.17) is 30.5 Å². The van der Waals surface area contributed by atoms with Gasteiger partial charge in [0.2, 0.25) is 11.8 Å². The monoisotopic (exact) mass is 553 g/mol. The number of hydrogen-bond donors (Lipinski definition) is 0. The predicted octanol–water partition coefficient (Wildman–Crippen LogP) is 2.10. The van der Waals surface area contributed by atoms with Crippen LogP contribution in [0.15, 0.2) is 18.7 Å². The molecule has 0 bridgehead atoms. The molecule has 200 valence electrons. The Bertz CT molecular complexity index is 1290. The Morgan fingerprint density at radius 1 is 1.11 bits per heavy atom. The van der Waals surface area contributed by atoms with Crippen LogP contribution in [-0.4, -0.2) is 82.9 Å². The standard InChI is InChI=1S/C22H28ClN7O6S/c1-13(18(33-2)19-24-8-15(23)9-25-19)37(31,32)11-16-28-29-20(14-6-5-7-36-10-14)30(16)17-21(34-3)26-12-27-22(17)35-4/h8-9,12-14,18H,5-7,10-11H2,1-4H3/t13-,14-,18-/m0/s1. The number of aromatic nitrogens is 7. The summed E-state index contributed by atoms with van der Waals surface area (Å²) in [6.07, 6.45) is 4.76. The van der Waals surface area contributed by atoms with Crippen LogP contribution in [0.5, 0.6) is 11.8 Å². The molecule has 37 heavy (non-hydrogen) atoms. The van der Waals surface area contributed by atoms with Crippen molar-refractivity contribution in [2.45, 2.75) is 42.8 Å². The number of rotatable bonds is 10. The third-order valence-corrected chi connectivity index (χ3v) is 8.35. The van der Waals surface area contributed by atoms with Gasteiger partial charge in [0.05, 0.1) is 31.1 Å². The molecule has 0 amide bonds. The summed E-state index contributed by atoms with van der Waals surface area (Å²) in [5.41, 5.74) is 0.306. The summed E-state index contributed by atoms with van der Waals surface area (Å²) in [5.74, 6) is 0.618. The Labute approximate surface area is 219 Å². The summed E-state index contributed by atoms with van der Waals surface area (Å²) >= 11 is 5.89. The maximum atomic E-state index is 13.7. The van der Waals surface area contributed by atoms with E-state index < -0.39 is 26.9 Å². The minimum atomic E-state index is -3.88. The molecule has 0 unspecified atom stereocenters. The van der Waals surface area contributed by atoms with E-state index >= 15 is 0 Å². The van der Waals surface area contributed by atoms with Crippen molar-refractivity contribution >= 4 is 21.4 Å². The number of nitrogens with zero attached hydrogens (tertiary/aromatic N) is 7. The Morgan fingerprint density at radius 3 is 2.35 bits per heavy atom. The zero-order chi connectivity index (χ0) is 26.6. The molecule has 0 spiro atoms. The summed E-state index contributed by atoms with van der Waals surface area (Å²) in [5, 5.41) is 7.95. The van der Waals surface area contributed by atoms with Gasteiger partial charge in [-0.2, -0.15) is 9.97 Å². The number of methoxy groups -OCH3 is 3. The molecule has 4 rings (SSSR count). The van der Waals surface area contributed by atoms with Gasteiger partial charge in [0.15, 0.2) is 27.2 Å². The van der Waals surface area contributed by atoms with Gasteiger partial charge in [0.25, 0.3) is 0 Å². The van der Waals surface area contributed by atoms with Gasteiger partial charge in [-0.25, -0.2) is 18.4 Å². The van der Waals surface area contributed by atoms with E-state index in [1.54, 1.807) is 4.57 Å². The van der Waals surface area contributed by atoms with Crippen molar-refractivity contribution in [3.63, 3.8) is 0 Å². The average molecular weight is 554 g/mol. The molecule has 0 N–H and O–H groups in total. The molecule has 0 saturated carbocycles. The van der Waals surface area contributed by atoms with Gasteiger partial charge < -0.3 is 18.9 Å². The highest BCUT2D eigenvalue weighted by atomic mass is 35.5. The highest BCUT2D eigenvalue weighted by Gasteiger charge is 2.36. The molecule has 1 fully saturated rings. The fraction of sp³-hybridized carbons (Fsp3) is 0.545. The van der Waals surface area contributed by atoms with E-state index in [9.17, 15) is 8.42 Å². The second kappa shape index (κ2) is 11.6. The van der Waals surface area contributed by atoms with Gasteiger partial charge in [-0.05, 0) is 19.8 Å². The van der Waals surface area contributed by atoms with Crippen molar-refractivity contribution < 1.29 is 27.4 Å². The van der Waals surface area contributed by atoms with E-state index in [0.717, 1.165) is 12.8 Å². The van der Waals surface area contributed by atoms with Gasteiger partial charge >= 0.3 is 0 Å². The lowest BCUT2D eigenvalue weighted by Gasteiger charge is -2.24. The summed E-state index contributed by atoms with van der Waals surface area (Å²) in [4.78, 5) is 16.7. The number of sulfone groups is 1. The molecule has 3 aromatic heterocycles. The van der Waals surface area contributed by atoms with Crippen LogP contribution in [0.1, 0.15) is 49.3 Å². The molecule has 1 aliphatic heterocycles. The zero-order valence-corrected chi connectivity index (χ0v) is 22.4. The fourth-order valence-electron chi connectivity index (χ4n) is 4.19. The van der Waals surface area contributed by atoms with Crippen LogP contribution in [0.25, 0.3) is 5.69 Å². The third-order valence-electron chi connectivity index (χ3n) is 6.12. The van der Waals surface area contributed by atoms with E-state index in [1.165, 1.54) is 47.0 Å². The van der Waals surface area contributed by atoms with E-state index in [-0.39, 0.29) is 29.3 Å². The largest absolute Gasteiger partial charge is 0.479 e. The van der Waals surface area contributed by atoms with Crippen LogP contribution in [0.4, 0.5) is 0 Å². The van der Waals surface area contributed by atoms with Crippen molar-refractivity contribution in [1.29, 1.82) is 0 Å². The van der Waals surface area contributed by atoms with Crippen LogP contribution in [0.3, 0.4) is 0 Å². The van der Waals surface area contributed by atoms with Crippen LogP contribution in [-0.2, 0) is 25.1 Å². The topological polar surface area (TPSA) is 153 Å². The van der Waals surface area contributed by atoms with E-state index in [2.05, 4.69) is 30.1 Å². The van der Waals surface area contributed by atoms with Crippen molar-refractivity contribution in [2.75, 3.05) is 34.5 Å². The minimum absolute atomic E-state index is 0.126. The lowest BCUT2D eigenvalue weighted by Crippen LogP contribution is -2.30. The molecule has 15 heteroatoms. The van der Waals surface area contributed by atoms with Crippen LogP contribution >= 0.6 is 11.6 Å². The molecule has 4 heterocycles. The molecule has 1 aliphatic rings. The number of halogens is 1. The van der Waals surface area contributed by atoms with Crippen LogP contribution < -0.4 is 9.47 Å². The lowest BCUT2D eigenvalue weighted by molar-refractivity contribution is 0.0775. The highest BCUT2D eigenvalue weighted by molar-refractivity contribution is 7.91. The summed E-state index contributed by atoms with van der Waals surface area (Å²) in [6.45, 7) is 2.60. The van der Waals surface area contributed by atoms with Gasteiger partial charge in [-0.3, -0.25) is 4.57 Å². The minimum Gasteiger partial charge on any atom is -0.479 e. The molecule has 13 nitrogen and oxygen atoms in total. The van der Waals surface area contributed by atoms with Gasteiger partial charge in [0.1, 0.15) is 24.0 Å². The Hall–Kier alpha value is -2.94. The quantitative estimate of drug-likeness (QED) is 0.361. The van der Waals surface area contributed by atoms with Crippen molar-refractivity contribution in [3.8, 4) is 17.4 Å². The molecular weight excluding hydrogens is 526 g/mol. The Kier molecular flexibility index (Phi) is 8.52. The van der Waals surface area contributed by atoms with Crippen molar-refractivity contribution in [1.82, 2.24) is 34.7 Å². The molecule has 0 aromatic carbocycles. The molecule has 3 aromatic rings.